The van der Waals surface area contributed by atoms with E-state index in [9.17, 15) is 4.79 Å². The minimum absolute atomic E-state index is 0.0250. The fourth-order valence-corrected chi connectivity index (χ4v) is 3.82. The topological polar surface area (TPSA) is 29.5 Å². The van der Waals surface area contributed by atoms with Crippen LogP contribution in [0.5, 0.6) is 0 Å². The highest BCUT2D eigenvalue weighted by molar-refractivity contribution is 5.91. The second-order valence-electron chi connectivity index (χ2n) is 7.39. The Kier molecular flexibility index (Phi) is 5.08. The molecule has 20 heavy (non-hydrogen) atoms. The lowest BCUT2D eigenvalue weighted by molar-refractivity contribution is -0.141. The number of Topliss-reactive ketones (excluding diaryl/α,β-unsaturated/α-hetero) is 1. The molecule has 0 N–H and O–H groups in total. The van der Waals surface area contributed by atoms with E-state index in [1.54, 1.807) is 0 Å². The fourth-order valence-electron chi connectivity index (χ4n) is 3.82. The second kappa shape index (κ2) is 5.76. The summed E-state index contributed by atoms with van der Waals surface area (Å²) in [6, 6.07) is 0. The quantitative estimate of drug-likeness (QED) is 0.745. The van der Waals surface area contributed by atoms with Gasteiger partial charge in [0.2, 0.25) is 0 Å². The van der Waals surface area contributed by atoms with Crippen molar-refractivity contribution in [1.82, 2.24) is 4.90 Å². The Bertz CT molecular complexity index is 358. The highest BCUT2D eigenvalue weighted by Gasteiger charge is 2.53. The van der Waals surface area contributed by atoms with Crippen molar-refractivity contribution in [2.75, 3.05) is 13.1 Å². The van der Waals surface area contributed by atoms with Gasteiger partial charge in [0.05, 0.1) is 22.7 Å². The first-order valence-corrected chi connectivity index (χ1v) is 8.03. The van der Waals surface area contributed by atoms with Crippen LogP contribution in [0.25, 0.3) is 0 Å². The summed E-state index contributed by atoms with van der Waals surface area (Å²) in [7, 11) is 0. The summed E-state index contributed by atoms with van der Waals surface area (Å²) >= 11 is 0. The number of carbonyl (C=O) groups is 1. The van der Waals surface area contributed by atoms with Gasteiger partial charge in [-0.1, -0.05) is 20.8 Å². The molecule has 0 spiro atoms. The number of nitrogens with zero attached hydrogens (tertiary/aromatic N) is 1. The van der Waals surface area contributed by atoms with Crippen LogP contribution in [0.2, 0.25) is 0 Å². The van der Waals surface area contributed by atoms with Gasteiger partial charge in [0.1, 0.15) is 0 Å². The molecule has 0 amide bonds. The standard InChI is InChI=1S/C17H33NO2/c1-9-17(8,18(10-2)11-3)14(19)13-12-15(4,5)20-16(13,6)7/h13H,9-12H2,1-8H3. The first kappa shape index (κ1) is 17.6. The second-order valence-corrected chi connectivity index (χ2v) is 7.39. The Hall–Kier alpha value is -0.410. The molecular formula is C17H33NO2. The predicted octanol–water partition coefficient (Wildman–Crippen LogP) is 3.66. The number of carbonyl (C=O) groups excluding carboxylic acids is 1. The average molecular weight is 283 g/mol. The van der Waals surface area contributed by atoms with Crippen LogP contribution in [0, 0.1) is 5.92 Å². The smallest absolute Gasteiger partial charge is 0.158 e. The van der Waals surface area contributed by atoms with E-state index in [1.807, 2.05) is 0 Å². The number of hydrogen-bond acceptors (Lipinski definition) is 3. The van der Waals surface area contributed by atoms with Crippen molar-refractivity contribution >= 4 is 5.78 Å². The van der Waals surface area contributed by atoms with Crippen molar-refractivity contribution < 1.29 is 9.53 Å². The van der Waals surface area contributed by atoms with Gasteiger partial charge in [0.15, 0.2) is 5.78 Å². The predicted molar refractivity (Wildman–Crippen MR) is 84.0 cm³/mol. The van der Waals surface area contributed by atoms with Crippen LogP contribution in [0.4, 0.5) is 0 Å². The number of hydrogen-bond donors (Lipinski definition) is 0. The molecule has 1 fully saturated rings. The normalized spacial score (nSPS) is 27.6. The molecule has 1 rings (SSSR count). The lowest BCUT2D eigenvalue weighted by atomic mass is 9.75. The Balaban J connectivity index is 3.09. The lowest BCUT2D eigenvalue weighted by Gasteiger charge is -2.41. The SMILES string of the molecule is CCN(CC)C(C)(CC)C(=O)C1CC(C)(C)OC1(C)C. The van der Waals surface area contributed by atoms with E-state index in [0.29, 0.717) is 5.78 Å². The van der Waals surface area contributed by atoms with Gasteiger partial charge in [-0.15, -0.1) is 0 Å². The Labute approximate surface area is 125 Å². The van der Waals surface area contributed by atoms with Crippen LogP contribution in [0.15, 0.2) is 0 Å². The van der Waals surface area contributed by atoms with Gasteiger partial charge in [0.25, 0.3) is 0 Å². The zero-order valence-electron chi connectivity index (χ0n) is 14.7. The van der Waals surface area contributed by atoms with E-state index in [-0.39, 0.29) is 22.7 Å². The van der Waals surface area contributed by atoms with E-state index in [4.69, 9.17) is 4.74 Å². The van der Waals surface area contributed by atoms with Crippen LogP contribution in [0.3, 0.4) is 0 Å². The highest BCUT2D eigenvalue weighted by atomic mass is 16.5. The molecule has 1 aliphatic rings. The van der Waals surface area contributed by atoms with Crippen molar-refractivity contribution in [1.29, 1.82) is 0 Å². The monoisotopic (exact) mass is 283 g/mol. The molecule has 118 valence electrons. The van der Waals surface area contributed by atoms with Gasteiger partial charge in [-0.2, -0.15) is 0 Å². The summed E-state index contributed by atoms with van der Waals surface area (Å²) in [6.45, 7) is 18.6. The summed E-state index contributed by atoms with van der Waals surface area (Å²) in [5, 5.41) is 0. The van der Waals surface area contributed by atoms with Gasteiger partial charge < -0.3 is 4.74 Å². The van der Waals surface area contributed by atoms with Crippen LogP contribution >= 0.6 is 0 Å². The molecule has 0 aliphatic carbocycles. The Morgan fingerprint density at radius 3 is 2.00 bits per heavy atom. The third-order valence-electron chi connectivity index (χ3n) is 5.07. The summed E-state index contributed by atoms with van der Waals surface area (Å²) < 4.78 is 6.12. The summed E-state index contributed by atoms with van der Waals surface area (Å²) in [4.78, 5) is 15.5. The molecule has 0 saturated carbocycles. The zero-order chi connectivity index (χ0) is 15.8. The summed E-state index contributed by atoms with van der Waals surface area (Å²) in [6.07, 6.45) is 1.66. The van der Waals surface area contributed by atoms with E-state index < -0.39 is 0 Å². The third-order valence-corrected chi connectivity index (χ3v) is 5.07. The van der Waals surface area contributed by atoms with Crippen molar-refractivity contribution in [3.63, 3.8) is 0 Å². The van der Waals surface area contributed by atoms with E-state index in [0.717, 1.165) is 25.9 Å². The zero-order valence-corrected chi connectivity index (χ0v) is 14.7. The largest absolute Gasteiger partial charge is 0.369 e. The van der Waals surface area contributed by atoms with Gasteiger partial charge in [-0.25, -0.2) is 0 Å². The van der Waals surface area contributed by atoms with E-state index >= 15 is 0 Å². The number of likely N-dealkylation sites (N-methyl/N-ethyl adjacent to an activating group) is 1. The summed E-state index contributed by atoms with van der Waals surface area (Å²) in [5.74, 6) is 0.322. The van der Waals surface area contributed by atoms with Crippen LogP contribution < -0.4 is 0 Å². The Morgan fingerprint density at radius 1 is 1.20 bits per heavy atom. The van der Waals surface area contributed by atoms with Crippen molar-refractivity contribution in [2.45, 2.75) is 85.0 Å². The van der Waals surface area contributed by atoms with Gasteiger partial charge >= 0.3 is 0 Å². The first-order chi connectivity index (χ1) is 9.04. The number of rotatable bonds is 6. The van der Waals surface area contributed by atoms with Crippen LogP contribution in [-0.2, 0) is 9.53 Å². The average Bonchev–Trinajstić information content (AvgIpc) is 2.57. The van der Waals surface area contributed by atoms with Gasteiger partial charge in [0, 0.05) is 0 Å². The van der Waals surface area contributed by atoms with E-state index in [1.165, 1.54) is 0 Å². The molecule has 0 aromatic heterocycles. The molecule has 2 unspecified atom stereocenters. The minimum atomic E-state index is -0.380. The van der Waals surface area contributed by atoms with Crippen molar-refractivity contribution in [3.05, 3.63) is 0 Å². The van der Waals surface area contributed by atoms with Crippen molar-refractivity contribution in [2.24, 2.45) is 5.92 Å². The maximum atomic E-state index is 13.2. The molecular weight excluding hydrogens is 250 g/mol. The minimum Gasteiger partial charge on any atom is -0.369 e. The van der Waals surface area contributed by atoms with Crippen LogP contribution in [0.1, 0.15) is 68.2 Å². The maximum absolute atomic E-state index is 13.2. The number of ether oxygens (including phenoxy) is 1. The summed E-state index contributed by atoms with van der Waals surface area (Å²) in [5.41, 5.74) is -0.957. The van der Waals surface area contributed by atoms with Crippen molar-refractivity contribution in [3.8, 4) is 0 Å². The molecule has 1 saturated heterocycles. The fraction of sp³-hybridized carbons (Fsp3) is 0.941. The van der Waals surface area contributed by atoms with Gasteiger partial charge in [-0.05, 0) is 60.5 Å². The molecule has 0 bridgehead atoms. The molecule has 0 aromatic carbocycles. The molecule has 1 heterocycles. The highest BCUT2D eigenvalue weighted by Crippen LogP contribution is 2.44. The molecule has 0 aromatic rings. The van der Waals surface area contributed by atoms with Crippen LogP contribution in [-0.4, -0.2) is 40.5 Å². The lowest BCUT2D eigenvalue weighted by Crippen LogP contribution is -2.56. The van der Waals surface area contributed by atoms with Gasteiger partial charge in [-0.3, -0.25) is 9.69 Å². The maximum Gasteiger partial charge on any atom is 0.158 e. The Morgan fingerprint density at radius 2 is 1.70 bits per heavy atom. The first-order valence-electron chi connectivity index (χ1n) is 8.03. The van der Waals surface area contributed by atoms with E-state index in [2.05, 4.69) is 60.3 Å². The number of ketones is 1. The molecule has 3 nitrogen and oxygen atoms in total. The molecule has 2 atom stereocenters. The molecule has 1 aliphatic heterocycles. The third kappa shape index (κ3) is 3.09. The molecule has 3 heteroatoms. The molecule has 0 radical (unpaired) electrons.